The third-order valence-electron chi connectivity index (χ3n) is 11.2. The van der Waals surface area contributed by atoms with Crippen LogP contribution in [-0.2, 0) is 49.4 Å². The Morgan fingerprint density at radius 1 is 0.778 bits per heavy atom. The molecule has 24 heteroatoms. The van der Waals surface area contributed by atoms with Crippen molar-refractivity contribution in [3.05, 3.63) is 108 Å². The molecule has 7 rings (SSSR count). The predicted octanol–water partition coefficient (Wildman–Crippen LogP) is 7.97. The Morgan fingerprint density at radius 2 is 1.32 bits per heavy atom. The minimum absolute atomic E-state index is 0.0837. The molecule has 1 saturated heterocycles. The molecular formula is C48H58N10O11S3. The van der Waals surface area contributed by atoms with Crippen LogP contribution in [0.4, 0.5) is 20.4 Å². The van der Waals surface area contributed by atoms with E-state index in [0.717, 1.165) is 21.2 Å². The zero-order valence-corrected chi connectivity index (χ0v) is 43.6. The van der Waals surface area contributed by atoms with Crippen LogP contribution in [0.2, 0.25) is 0 Å². The first-order chi connectivity index (χ1) is 34.1. The van der Waals surface area contributed by atoms with Crippen molar-refractivity contribution in [3.63, 3.8) is 0 Å². The van der Waals surface area contributed by atoms with Crippen molar-refractivity contribution in [2.75, 3.05) is 44.9 Å². The number of benzene rings is 4. The van der Waals surface area contributed by atoms with Gasteiger partial charge in [-0.2, -0.15) is 17.5 Å². The Balaban J connectivity index is 1.45. The summed E-state index contributed by atoms with van der Waals surface area (Å²) in [6.45, 7) is 8.97. The van der Waals surface area contributed by atoms with Gasteiger partial charge in [0.05, 0.1) is 44.0 Å². The number of methoxy groups -OCH3 is 3. The highest BCUT2D eigenvalue weighted by Crippen LogP contribution is 2.44. The number of likely N-dealkylation sites (tertiary alicyclic amines) is 1. The fourth-order valence-electron chi connectivity index (χ4n) is 8.28. The minimum atomic E-state index is -5.44. The average Bonchev–Trinajstić information content (AvgIpc) is 4.14. The highest BCUT2D eigenvalue weighted by atomic mass is 32.2. The molecule has 0 spiro atoms. The number of carbonyl (C=O) groups excluding carboxylic acids is 2. The summed E-state index contributed by atoms with van der Waals surface area (Å²) in [5.41, 5.74) is 5.69. The molecule has 3 N–H and O–H groups in total. The fourth-order valence-corrected chi connectivity index (χ4v) is 11.7. The van der Waals surface area contributed by atoms with Crippen molar-refractivity contribution >= 4 is 54.6 Å². The van der Waals surface area contributed by atoms with E-state index in [-0.39, 0.29) is 65.7 Å². The SMILES string of the molecule is COc1ccc(CN(Cc2ccc(OC)cc2)S(=O)(=O)c2c(NS(=O)(=O)N(OC(=O)N3CCCC3)C(=O)OC(C)(C)CC(C)(C)C)ccc(-c3cnc(N)s3)c2-c2nnn(Cc3ccc(OC)cc3)n2)cc1. The Hall–Kier alpha value is -7.02. The summed E-state index contributed by atoms with van der Waals surface area (Å²) in [7, 11) is -5.90. The minimum Gasteiger partial charge on any atom is -0.497 e. The molecule has 3 heterocycles. The van der Waals surface area contributed by atoms with Crippen molar-refractivity contribution in [1.82, 2.24) is 38.9 Å². The standard InChI is InChI=1S/C48H58N10O11S3/c1-47(2,3)31-48(4,5)68-46(60)58(69-45(59)55-25-9-10-26-55)72(63,64)53-39-24-23-38(40-27-50-44(49)70-40)41(43-51-54-57(52-43)30-34-15-21-37(67-8)22-16-34)42(39)71(61,62)56(28-32-11-17-35(65-6)18-12-32)29-33-13-19-36(66-7)20-14-33/h11-24,27,53H,9-10,25-26,28-31H2,1-8H3,(H2,49,50). The number of nitrogen functional groups attached to an aromatic ring is 1. The van der Waals surface area contributed by atoms with E-state index in [4.69, 9.17) is 29.5 Å². The van der Waals surface area contributed by atoms with Gasteiger partial charge in [-0.15, -0.1) is 10.2 Å². The highest BCUT2D eigenvalue weighted by molar-refractivity contribution is 7.91. The molecule has 1 aliphatic rings. The summed E-state index contributed by atoms with van der Waals surface area (Å²) in [5.74, 6) is 1.43. The quantitative estimate of drug-likeness (QED) is 0.0774. The molecule has 72 heavy (non-hydrogen) atoms. The summed E-state index contributed by atoms with van der Waals surface area (Å²) in [4.78, 5) is 39.7. The number of anilines is 2. The first-order valence-corrected chi connectivity index (χ1v) is 26.4. The van der Waals surface area contributed by atoms with E-state index < -0.39 is 54.0 Å². The van der Waals surface area contributed by atoms with Gasteiger partial charge < -0.3 is 29.6 Å². The molecule has 0 bridgehead atoms. The monoisotopic (exact) mass is 1050 g/mol. The zero-order chi connectivity index (χ0) is 52.0. The molecule has 0 radical (unpaired) electrons. The third kappa shape index (κ3) is 12.9. The molecule has 384 valence electrons. The smallest absolute Gasteiger partial charge is 0.460 e. The lowest BCUT2D eigenvalue weighted by Gasteiger charge is -2.33. The topological polar surface area (TPSA) is 253 Å². The van der Waals surface area contributed by atoms with E-state index in [9.17, 15) is 18.0 Å². The lowest BCUT2D eigenvalue weighted by Crippen LogP contribution is -2.48. The molecule has 2 aromatic heterocycles. The summed E-state index contributed by atoms with van der Waals surface area (Å²) < 4.78 is 87.3. The Bertz CT molecular complexity index is 3030. The number of rotatable bonds is 18. The lowest BCUT2D eigenvalue weighted by molar-refractivity contribution is -0.0675. The fraction of sp³-hybridized carbons (Fsp3) is 0.375. The van der Waals surface area contributed by atoms with Gasteiger partial charge in [0.25, 0.3) is 0 Å². The van der Waals surface area contributed by atoms with Crippen molar-refractivity contribution in [1.29, 1.82) is 0 Å². The van der Waals surface area contributed by atoms with E-state index in [1.807, 2.05) is 20.8 Å². The van der Waals surface area contributed by atoms with Crippen molar-refractivity contribution in [2.45, 2.75) is 84.0 Å². The second-order valence-corrected chi connectivity index (χ2v) is 23.1. The maximum atomic E-state index is 16.1. The van der Waals surface area contributed by atoms with Gasteiger partial charge >= 0.3 is 22.4 Å². The van der Waals surface area contributed by atoms with Crippen LogP contribution in [0.15, 0.2) is 96.0 Å². The van der Waals surface area contributed by atoms with Gasteiger partial charge in [0.2, 0.25) is 15.8 Å². The van der Waals surface area contributed by atoms with Gasteiger partial charge in [0.1, 0.15) is 27.7 Å². The van der Waals surface area contributed by atoms with Crippen molar-refractivity contribution in [2.24, 2.45) is 5.41 Å². The summed E-state index contributed by atoms with van der Waals surface area (Å²) in [5, 5.41) is 13.5. The van der Waals surface area contributed by atoms with Gasteiger partial charge in [-0.05, 0) is 107 Å². The Kier molecular flexibility index (Phi) is 16.0. The molecule has 0 saturated carbocycles. The molecule has 1 fully saturated rings. The van der Waals surface area contributed by atoms with Crippen LogP contribution >= 0.6 is 11.3 Å². The van der Waals surface area contributed by atoms with Gasteiger partial charge in [-0.25, -0.2) is 23.0 Å². The molecule has 0 atom stereocenters. The van der Waals surface area contributed by atoms with Gasteiger partial charge in [-0.1, -0.05) is 74.6 Å². The van der Waals surface area contributed by atoms with Crippen LogP contribution in [0.5, 0.6) is 17.2 Å². The number of nitrogens with two attached hydrogens (primary N) is 1. The molecular weight excluding hydrogens is 989 g/mol. The van der Waals surface area contributed by atoms with E-state index in [1.165, 1.54) is 42.2 Å². The van der Waals surface area contributed by atoms with Crippen LogP contribution in [0.3, 0.4) is 0 Å². The van der Waals surface area contributed by atoms with Crippen molar-refractivity contribution < 1.29 is 50.2 Å². The number of hydroxylamine groups is 1. The Morgan fingerprint density at radius 3 is 1.82 bits per heavy atom. The zero-order valence-electron chi connectivity index (χ0n) is 41.2. The number of sulfonamides is 1. The van der Waals surface area contributed by atoms with Crippen LogP contribution in [0.1, 0.15) is 70.6 Å². The maximum Gasteiger partial charge on any atom is 0.460 e. The number of thiazole rings is 1. The number of nitrogens with zero attached hydrogens (tertiary/aromatic N) is 8. The third-order valence-corrected chi connectivity index (χ3v) is 15.1. The van der Waals surface area contributed by atoms with Crippen LogP contribution < -0.4 is 24.7 Å². The molecule has 21 nitrogen and oxygen atoms in total. The van der Waals surface area contributed by atoms with Crippen LogP contribution in [0, 0.1) is 5.41 Å². The molecule has 1 aliphatic heterocycles. The predicted molar refractivity (Wildman–Crippen MR) is 270 cm³/mol. The number of hydrogen-bond donors (Lipinski definition) is 2. The maximum absolute atomic E-state index is 16.1. The second kappa shape index (κ2) is 21.8. The summed E-state index contributed by atoms with van der Waals surface area (Å²) in [6, 6.07) is 23.3. The summed E-state index contributed by atoms with van der Waals surface area (Å²) >= 11 is 1.03. The number of amides is 2. The first-order valence-electron chi connectivity index (χ1n) is 22.7. The number of tetrazole rings is 1. The number of hydrogen-bond acceptors (Lipinski definition) is 17. The molecule has 6 aromatic rings. The van der Waals surface area contributed by atoms with E-state index in [0.29, 0.717) is 46.1 Å². The van der Waals surface area contributed by atoms with E-state index in [2.05, 4.69) is 25.1 Å². The van der Waals surface area contributed by atoms with Crippen LogP contribution in [0.25, 0.3) is 21.8 Å². The lowest BCUT2D eigenvalue weighted by atomic mass is 9.84. The molecule has 0 unspecified atom stereocenters. The van der Waals surface area contributed by atoms with Crippen molar-refractivity contribution in [3.8, 4) is 39.1 Å². The average molecular weight is 1050 g/mol. The Labute approximate surface area is 423 Å². The van der Waals surface area contributed by atoms with Gasteiger partial charge in [-0.3, -0.25) is 9.56 Å². The van der Waals surface area contributed by atoms with E-state index in [1.54, 1.807) is 93.8 Å². The molecule has 4 aromatic carbocycles. The number of carbonyl (C=O) groups is 2. The number of ether oxygens (including phenoxy) is 4. The molecule has 0 aliphatic carbocycles. The number of nitrogens with one attached hydrogen (secondary N) is 1. The number of aromatic nitrogens is 5. The molecule has 2 amide bonds. The first kappa shape index (κ1) is 52.8. The normalized spacial score (nSPS) is 13.2. The van der Waals surface area contributed by atoms with Gasteiger partial charge in [0, 0.05) is 37.9 Å². The summed E-state index contributed by atoms with van der Waals surface area (Å²) in [6.07, 6.45) is 0.238. The van der Waals surface area contributed by atoms with Gasteiger partial charge in [0.15, 0.2) is 5.13 Å². The van der Waals surface area contributed by atoms with Crippen LogP contribution in [-0.4, -0.2) is 108 Å². The second-order valence-electron chi connectivity index (χ2n) is 18.6. The largest absolute Gasteiger partial charge is 0.497 e. The highest BCUT2D eigenvalue weighted by Gasteiger charge is 2.42. The van der Waals surface area contributed by atoms with E-state index >= 15 is 8.42 Å².